The molecule has 1 amide bonds. The van der Waals surface area contributed by atoms with E-state index in [9.17, 15) is 4.79 Å². The summed E-state index contributed by atoms with van der Waals surface area (Å²) in [5.41, 5.74) is 0.956. The zero-order valence-electron chi connectivity index (χ0n) is 14.5. The summed E-state index contributed by atoms with van der Waals surface area (Å²) in [7, 11) is 1.60. The van der Waals surface area contributed by atoms with Crippen molar-refractivity contribution in [2.45, 2.75) is 31.4 Å². The van der Waals surface area contributed by atoms with Crippen LogP contribution in [-0.2, 0) is 11.3 Å². The van der Waals surface area contributed by atoms with Gasteiger partial charge in [0.05, 0.1) is 19.0 Å². The number of carbonyl (C=O) groups is 1. The Labute approximate surface area is 157 Å². The molecule has 0 unspecified atom stereocenters. The molecule has 1 N–H and O–H groups in total. The molecule has 25 heavy (non-hydrogen) atoms. The third kappa shape index (κ3) is 6.52. The van der Waals surface area contributed by atoms with Crippen molar-refractivity contribution >= 4 is 29.3 Å². The number of thioether (sulfide) groups is 1. The monoisotopic (exact) mass is 379 g/mol. The van der Waals surface area contributed by atoms with E-state index in [4.69, 9.17) is 21.1 Å². The molecule has 0 radical (unpaired) electrons. The Balaban J connectivity index is 1.85. The Kier molecular flexibility index (Phi) is 7.47. The zero-order valence-corrected chi connectivity index (χ0v) is 16.1. The van der Waals surface area contributed by atoms with Crippen LogP contribution < -0.4 is 14.8 Å². The molecule has 0 heterocycles. The molecule has 0 aliphatic carbocycles. The quantitative estimate of drug-likeness (QED) is 0.684. The molecule has 2 aromatic carbocycles. The van der Waals surface area contributed by atoms with Crippen molar-refractivity contribution in [3.05, 3.63) is 53.1 Å². The Morgan fingerprint density at radius 1 is 1.16 bits per heavy atom. The van der Waals surface area contributed by atoms with Gasteiger partial charge < -0.3 is 14.8 Å². The minimum Gasteiger partial charge on any atom is -0.493 e. The molecule has 0 saturated heterocycles. The third-order valence-corrected chi connectivity index (χ3v) is 4.53. The Morgan fingerprint density at radius 3 is 2.52 bits per heavy atom. The molecular formula is C19H22ClNO3S. The molecule has 0 saturated carbocycles. The highest BCUT2D eigenvalue weighted by molar-refractivity contribution is 8.00. The number of halogens is 1. The highest BCUT2D eigenvalue weighted by Crippen LogP contribution is 2.29. The van der Waals surface area contributed by atoms with Gasteiger partial charge in [-0.15, -0.1) is 11.8 Å². The standard InChI is InChI=1S/C19H22ClNO3S/c1-13(2)24-17-9-4-14(10-18(17)23-3)11-21-19(22)12-25-16-7-5-15(20)6-8-16/h4-10,13H,11-12H2,1-3H3,(H,21,22). The van der Waals surface area contributed by atoms with Crippen molar-refractivity contribution < 1.29 is 14.3 Å². The molecule has 0 aliphatic rings. The summed E-state index contributed by atoms with van der Waals surface area (Å²) in [6.45, 7) is 4.37. The first-order chi connectivity index (χ1) is 12.0. The van der Waals surface area contributed by atoms with Gasteiger partial charge in [-0.2, -0.15) is 0 Å². The molecule has 2 rings (SSSR count). The highest BCUT2D eigenvalue weighted by atomic mass is 35.5. The predicted molar refractivity (Wildman–Crippen MR) is 103 cm³/mol. The summed E-state index contributed by atoms with van der Waals surface area (Å²) in [6, 6.07) is 13.1. The normalized spacial score (nSPS) is 10.6. The molecule has 0 atom stereocenters. The lowest BCUT2D eigenvalue weighted by Crippen LogP contribution is -2.24. The number of rotatable bonds is 8. The van der Waals surface area contributed by atoms with Crippen LogP contribution in [0.4, 0.5) is 0 Å². The van der Waals surface area contributed by atoms with Crippen LogP contribution >= 0.6 is 23.4 Å². The lowest BCUT2D eigenvalue weighted by Gasteiger charge is -2.14. The molecule has 0 fully saturated rings. The van der Waals surface area contributed by atoms with Gasteiger partial charge in [-0.05, 0) is 55.8 Å². The van der Waals surface area contributed by atoms with Crippen LogP contribution in [0.5, 0.6) is 11.5 Å². The fourth-order valence-corrected chi connectivity index (χ4v) is 2.96. The smallest absolute Gasteiger partial charge is 0.230 e. The molecule has 4 nitrogen and oxygen atoms in total. The summed E-state index contributed by atoms with van der Waals surface area (Å²) in [5.74, 6) is 1.69. The van der Waals surface area contributed by atoms with Gasteiger partial charge in [-0.1, -0.05) is 17.7 Å². The number of methoxy groups -OCH3 is 1. The van der Waals surface area contributed by atoms with E-state index in [1.165, 1.54) is 11.8 Å². The van der Waals surface area contributed by atoms with E-state index in [0.29, 0.717) is 28.8 Å². The average molecular weight is 380 g/mol. The third-order valence-electron chi connectivity index (χ3n) is 3.26. The second-order valence-corrected chi connectivity index (χ2v) is 7.16. The van der Waals surface area contributed by atoms with Crippen LogP contribution in [-0.4, -0.2) is 24.9 Å². The fourth-order valence-electron chi connectivity index (χ4n) is 2.10. The molecule has 134 valence electrons. The van der Waals surface area contributed by atoms with E-state index in [-0.39, 0.29) is 12.0 Å². The van der Waals surface area contributed by atoms with Gasteiger partial charge in [0.2, 0.25) is 5.91 Å². The largest absolute Gasteiger partial charge is 0.493 e. The van der Waals surface area contributed by atoms with Crippen molar-refractivity contribution in [1.82, 2.24) is 5.32 Å². The average Bonchev–Trinajstić information content (AvgIpc) is 2.60. The Morgan fingerprint density at radius 2 is 1.88 bits per heavy atom. The second-order valence-electron chi connectivity index (χ2n) is 5.67. The van der Waals surface area contributed by atoms with E-state index in [2.05, 4.69) is 5.32 Å². The van der Waals surface area contributed by atoms with Gasteiger partial charge in [-0.25, -0.2) is 0 Å². The van der Waals surface area contributed by atoms with E-state index in [1.54, 1.807) is 7.11 Å². The zero-order chi connectivity index (χ0) is 18.2. The maximum absolute atomic E-state index is 12.0. The second kappa shape index (κ2) is 9.59. The highest BCUT2D eigenvalue weighted by Gasteiger charge is 2.09. The molecule has 2 aromatic rings. The van der Waals surface area contributed by atoms with Crippen LogP contribution in [0.25, 0.3) is 0 Å². The number of amides is 1. The number of ether oxygens (including phenoxy) is 2. The van der Waals surface area contributed by atoms with Gasteiger partial charge >= 0.3 is 0 Å². The van der Waals surface area contributed by atoms with Crippen molar-refractivity contribution in [2.75, 3.05) is 12.9 Å². The number of nitrogens with one attached hydrogen (secondary N) is 1. The summed E-state index contributed by atoms with van der Waals surface area (Å²) in [5, 5.41) is 3.60. The van der Waals surface area contributed by atoms with Gasteiger partial charge in [0, 0.05) is 16.5 Å². The van der Waals surface area contributed by atoms with E-state index < -0.39 is 0 Å². The van der Waals surface area contributed by atoms with Gasteiger partial charge in [0.25, 0.3) is 0 Å². The van der Waals surface area contributed by atoms with Crippen molar-refractivity contribution in [3.8, 4) is 11.5 Å². The first-order valence-corrected chi connectivity index (χ1v) is 9.33. The summed E-state index contributed by atoms with van der Waals surface area (Å²) in [4.78, 5) is 13.0. The molecular weight excluding hydrogens is 358 g/mol. The van der Waals surface area contributed by atoms with Crippen LogP contribution in [0.15, 0.2) is 47.4 Å². The number of carbonyl (C=O) groups excluding carboxylic acids is 1. The predicted octanol–water partition coefficient (Wildman–Crippen LogP) is 4.54. The van der Waals surface area contributed by atoms with Crippen LogP contribution in [0.1, 0.15) is 19.4 Å². The SMILES string of the molecule is COc1cc(CNC(=O)CSc2ccc(Cl)cc2)ccc1OC(C)C. The lowest BCUT2D eigenvalue weighted by atomic mass is 10.2. The van der Waals surface area contributed by atoms with Crippen LogP contribution in [0.3, 0.4) is 0 Å². The molecule has 0 spiro atoms. The van der Waals surface area contributed by atoms with Crippen LogP contribution in [0.2, 0.25) is 5.02 Å². The summed E-state index contributed by atoms with van der Waals surface area (Å²) >= 11 is 7.32. The van der Waals surface area contributed by atoms with Crippen molar-refractivity contribution in [1.29, 1.82) is 0 Å². The summed E-state index contributed by atoms with van der Waals surface area (Å²) < 4.78 is 11.0. The molecule has 6 heteroatoms. The fraction of sp³-hybridized carbons (Fsp3) is 0.316. The first-order valence-electron chi connectivity index (χ1n) is 7.96. The van der Waals surface area contributed by atoms with E-state index in [1.807, 2.05) is 56.3 Å². The number of hydrogen-bond acceptors (Lipinski definition) is 4. The first kappa shape index (κ1) is 19.5. The van der Waals surface area contributed by atoms with Gasteiger partial charge in [-0.3, -0.25) is 4.79 Å². The van der Waals surface area contributed by atoms with E-state index >= 15 is 0 Å². The lowest BCUT2D eigenvalue weighted by molar-refractivity contribution is -0.118. The van der Waals surface area contributed by atoms with E-state index in [0.717, 1.165) is 10.5 Å². The maximum Gasteiger partial charge on any atom is 0.230 e. The molecule has 0 aromatic heterocycles. The minimum atomic E-state index is -0.0265. The summed E-state index contributed by atoms with van der Waals surface area (Å²) in [6.07, 6.45) is 0.0735. The molecule has 0 bridgehead atoms. The topological polar surface area (TPSA) is 47.6 Å². The van der Waals surface area contributed by atoms with Gasteiger partial charge in [0.1, 0.15) is 0 Å². The molecule has 0 aliphatic heterocycles. The van der Waals surface area contributed by atoms with Crippen molar-refractivity contribution in [3.63, 3.8) is 0 Å². The maximum atomic E-state index is 12.0. The van der Waals surface area contributed by atoms with Gasteiger partial charge in [0.15, 0.2) is 11.5 Å². The Bertz CT molecular complexity index is 704. The number of hydrogen-bond donors (Lipinski definition) is 1. The van der Waals surface area contributed by atoms with Crippen molar-refractivity contribution in [2.24, 2.45) is 0 Å². The minimum absolute atomic E-state index is 0.0265. The number of benzene rings is 2. The Hall–Kier alpha value is -1.85. The van der Waals surface area contributed by atoms with Crippen LogP contribution in [0, 0.1) is 0 Å².